The van der Waals surface area contributed by atoms with Crippen LogP contribution in [-0.2, 0) is 9.47 Å². The van der Waals surface area contributed by atoms with E-state index in [1.165, 1.54) is 6.42 Å². The van der Waals surface area contributed by atoms with Gasteiger partial charge in [0.05, 0.1) is 25.4 Å². The molecule has 7 N–H and O–H groups in total. The Morgan fingerprint density at radius 2 is 0.878 bits per heavy atom. The summed E-state index contributed by atoms with van der Waals surface area (Å²) in [7, 11) is 0. The second-order valence-corrected chi connectivity index (χ2v) is 9.40. The van der Waals surface area contributed by atoms with Crippen LogP contribution in [0, 0.1) is 5.92 Å². The number of hydrogen-bond acceptors (Lipinski definition) is 9. The summed E-state index contributed by atoms with van der Waals surface area (Å²) in [6.45, 7) is 13.4. The third-order valence-corrected chi connectivity index (χ3v) is 6.42. The first kappa shape index (κ1) is 39.1. The first-order chi connectivity index (χ1) is 19.7. The molecule has 0 aromatic heterocycles. The summed E-state index contributed by atoms with van der Waals surface area (Å²) in [5, 5.41) is 67.3. The second kappa shape index (κ2) is 21.7. The van der Waals surface area contributed by atoms with E-state index in [1.807, 2.05) is 64.1 Å². The largest absolute Gasteiger partial charge is 0.394 e. The van der Waals surface area contributed by atoms with Crippen LogP contribution in [0.5, 0.6) is 0 Å². The first-order valence-corrected chi connectivity index (χ1v) is 14.7. The molecule has 9 heteroatoms. The highest BCUT2D eigenvalue weighted by Crippen LogP contribution is 2.35. The normalized spacial score (nSPS) is 32.2. The molecule has 2 saturated heterocycles. The lowest BCUT2D eigenvalue weighted by Crippen LogP contribution is -2.55. The van der Waals surface area contributed by atoms with Gasteiger partial charge in [-0.2, -0.15) is 0 Å². The maximum absolute atomic E-state index is 10.1. The van der Waals surface area contributed by atoms with Gasteiger partial charge in [0, 0.05) is 5.92 Å². The van der Waals surface area contributed by atoms with Crippen LogP contribution in [0.4, 0.5) is 0 Å². The molecule has 10 atom stereocenters. The topological polar surface area (TPSA) is 160 Å². The molecular weight excluding hydrogens is 528 g/mol. The zero-order chi connectivity index (χ0) is 31.5. The zero-order valence-electron chi connectivity index (χ0n) is 25.6. The Hall–Kier alpha value is -1.92. The molecular formula is C32H54O9. The molecule has 2 aliphatic heterocycles. The van der Waals surface area contributed by atoms with Crippen molar-refractivity contribution in [2.24, 2.45) is 5.92 Å². The van der Waals surface area contributed by atoms with E-state index in [2.05, 4.69) is 13.8 Å². The van der Waals surface area contributed by atoms with Gasteiger partial charge in [-0.3, -0.25) is 0 Å². The van der Waals surface area contributed by atoms with Crippen molar-refractivity contribution in [3.05, 3.63) is 71.8 Å². The van der Waals surface area contributed by atoms with Gasteiger partial charge < -0.3 is 45.2 Å². The molecule has 2 aromatic rings. The minimum atomic E-state index is -1.33. The average Bonchev–Trinajstić information content (AvgIpc) is 3.03. The minimum Gasteiger partial charge on any atom is -0.394 e. The van der Waals surface area contributed by atoms with Crippen molar-refractivity contribution in [1.82, 2.24) is 0 Å². The zero-order valence-corrected chi connectivity index (χ0v) is 25.6. The molecule has 0 amide bonds. The molecule has 0 saturated carbocycles. The van der Waals surface area contributed by atoms with Gasteiger partial charge in [-0.1, -0.05) is 116 Å². The van der Waals surface area contributed by atoms with Gasteiger partial charge in [0.2, 0.25) is 0 Å². The Morgan fingerprint density at radius 3 is 1.24 bits per heavy atom. The lowest BCUT2D eigenvalue weighted by Gasteiger charge is -2.41. The molecule has 2 aromatic carbocycles. The number of benzene rings is 2. The maximum Gasteiger partial charge on any atom is 0.113 e. The van der Waals surface area contributed by atoms with Crippen LogP contribution >= 0.6 is 0 Å². The fourth-order valence-corrected chi connectivity index (χ4v) is 4.25. The van der Waals surface area contributed by atoms with E-state index >= 15 is 0 Å². The van der Waals surface area contributed by atoms with E-state index in [-0.39, 0.29) is 12.5 Å². The molecule has 0 spiro atoms. The second-order valence-electron chi connectivity index (χ2n) is 9.40. The number of rotatable bonds is 4. The number of hydrogen-bond donors (Lipinski definition) is 7. The number of ether oxygens (including phenoxy) is 2. The predicted octanol–water partition coefficient (Wildman–Crippen LogP) is 3.15. The predicted molar refractivity (Wildman–Crippen MR) is 160 cm³/mol. The lowest BCUT2D eigenvalue weighted by molar-refractivity contribution is -0.231. The van der Waals surface area contributed by atoms with Gasteiger partial charge in [-0.05, 0) is 11.1 Å². The molecule has 236 valence electrons. The molecule has 2 aliphatic rings. The van der Waals surface area contributed by atoms with Crippen molar-refractivity contribution >= 4 is 0 Å². The molecule has 4 rings (SSSR count). The van der Waals surface area contributed by atoms with Gasteiger partial charge in [0.25, 0.3) is 0 Å². The Morgan fingerprint density at radius 1 is 0.537 bits per heavy atom. The molecule has 0 bridgehead atoms. The van der Waals surface area contributed by atoms with E-state index < -0.39 is 61.5 Å². The van der Waals surface area contributed by atoms with Crippen LogP contribution in [0.15, 0.2) is 60.7 Å². The third kappa shape index (κ3) is 11.4. The summed E-state index contributed by atoms with van der Waals surface area (Å²) in [6, 6.07) is 18.3. The highest BCUT2D eigenvalue weighted by atomic mass is 16.5. The van der Waals surface area contributed by atoms with Crippen molar-refractivity contribution in [3.63, 3.8) is 0 Å². The summed E-state index contributed by atoms with van der Waals surface area (Å²) in [6.07, 6.45) is -6.95. The quantitative estimate of drug-likeness (QED) is 0.287. The van der Waals surface area contributed by atoms with Crippen LogP contribution in [0.25, 0.3) is 0 Å². The molecule has 9 nitrogen and oxygen atoms in total. The summed E-state index contributed by atoms with van der Waals surface area (Å²) in [4.78, 5) is 0. The van der Waals surface area contributed by atoms with Gasteiger partial charge in [-0.15, -0.1) is 0 Å². The number of aliphatic hydroxyl groups is 7. The molecule has 41 heavy (non-hydrogen) atoms. The third-order valence-electron chi connectivity index (χ3n) is 6.42. The van der Waals surface area contributed by atoms with E-state index in [4.69, 9.17) is 19.7 Å². The highest BCUT2D eigenvalue weighted by Gasteiger charge is 2.44. The van der Waals surface area contributed by atoms with E-state index in [0.29, 0.717) is 5.56 Å². The number of aliphatic hydroxyl groups excluding tert-OH is 7. The Kier molecular flexibility index (Phi) is 20.7. The first-order valence-electron chi connectivity index (χ1n) is 14.7. The van der Waals surface area contributed by atoms with Crippen LogP contribution in [0.2, 0.25) is 0 Å². The van der Waals surface area contributed by atoms with Crippen molar-refractivity contribution < 1.29 is 45.2 Å². The average molecular weight is 583 g/mol. The fourth-order valence-electron chi connectivity index (χ4n) is 4.25. The monoisotopic (exact) mass is 582 g/mol. The molecule has 0 radical (unpaired) electrons. The van der Waals surface area contributed by atoms with Crippen LogP contribution < -0.4 is 0 Å². The molecule has 2 fully saturated rings. The summed E-state index contributed by atoms with van der Waals surface area (Å²) in [5.41, 5.74) is 1.56. The van der Waals surface area contributed by atoms with Crippen molar-refractivity contribution in [2.45, 2.75) is 110 Å². The van der Waals surface area contributed by atoms with Gasteiger partial charge in [0.1, 0.15) is 42.7 Å². The van der Waals surface area contributed by atoms with E-state index in [1.54, 1.807) is 31.2 Å². The Bertz CT molecular complexity index is 794. The van der Waals surface area contributed by atoms with Gasteiger partial charge >= 0.3 is 0 Å². The van der Waals surface area contributed by atoms with Crippen molar-refractivity contribution in [2.75, 3.05) is 13.2 Å². The Balaban J connectivity index is 0.000000642. The maximum atomic E-state index is 10.1. The lowest BCUT2D eigenvalue weighted by atomic mass is 9.85. The fraction of sp³-hybridized carbons (Fsp3) is 0.625. The van der Waals surface area contributed by atoms with Gasteiger partial charge in [-0.25, -0.2) is 0 Å². The van der Waals surface area contributed by atoms with Crippen LogP contribution in [-0.4, -0.2) is 91.7 Å². The summed E-state index contributed by atoms with van der Waals surface area (Å²) >= 11 is 0. The molecule has 2 heterocycles. The SMILES string of the molecule is CC.CC.CCC.C[C@@H]1[C@H](O)[C@@H](c2ccccc2)O[C@H](CO)[C@H]1O.OC[C@H]1O[C@H](c2ccccc2)[C@@H](O)[C@@H](O)[C@@H]1O. The highest BCUT2D eigenvalue weighted by molar-refractivity contribution is 5.21. The molecule has 0 aliphatic carbocycles. The Labute approximate surface area is 246 Å². The van der Waals surface area contributed by atoms with E-state index in [0.717, 1.165) is 5.56 Å². The van der Waals surface area contributed by atoms with E-state index in [9.17, 15) is 25.5 Å². The van der Waals surface area contributed by atoms with Crippen LogP contribution in [0.3, 0.4) is 0 Å². The van der Waals surface area contributed by atoms with Crippen molar-refractivity contribution in [1.29, 1.82) is 0 Å². The minimum absolute atomic E-state index is 0.248. The molecule has 0 unspecified atom stereocenters. The standard InChI is InChI=1S/C13H18O4.C12H16O5.C3H8.2C2H6/c1-8-11(15)10(7-14)17-13(12(8)16)9-5-3-2-4-6-9;13-6-8-9(14)10(15)11(16)12(17-8)7-4-2-1-3-5-7;1-3-2;2*1-2/h2-6,8,10-16H,7H2,1H3;1-5,8-16H,6H2;3H2,1-2H3;2*1-2H3/t8-,10+,11-,12-,13+;8-,9-,10+,11+,12-;;;/m01.../s1. The van der Waals surface area contributed by atoms with Crippen LogP contribution in [0.1, 0.15) is 78.2 Å². The smallest absolute Gasteiger partial charge is 0.113 e. The van der Waals surface area contributed by atoms with Gasteiger partial charge in [0.15, 0.2) is 0 Å². The van der Waals surface area contributed by atoms with Crippen molar-refractivity contribution in [3.8, 4) is 0 Å². The summed E-state index contributed by atoms with van der Waals surface area (Å²) in [5.74, 6) is -0.328. The summed E-state index contributed by atoms with van der Waals surface area (Å²) < 4.78 is 11.0.